The van der Waals surface area contributed by atoms with Crippen LogP contribution in [0.5, 0.6) is 0 Å². The van der Waals surface area contributed by atoms with Crippen molar-refractivity contribution in [3.63, 3.8) is 0 Å². The number of hydrogen-bond donors (Lipinski definition) is 0. The van der Waals surface area contributed by atoms with Crippen molar-refractivity contribution < 1.29 is 0 Å². The zero-order valence-electron chi connectivity index (χ0n) is 9.71. The molecule has 0 spiro atoms. The molecule has 14 heavy (non-hydrogen) atoms. The highest BCUT2D eigenvalue weighted by Gasteiger charge is 1.76. The van der Waals surface area contributed by atoms with Crippen molar-refractivity contribution in [2.75, 3.05) is 0 Å². The minimum Gasteiger partial charge on any atom is -0.0845 e. The molecule has 0 heterocycles. The first-order valence-corrected chi connectivity index (χ1v) is 5.90. The van der Waals surface area contributed by atoms with Crippen LogP contribution in [0.2, 0.25) is 0 Å². The van der Waals surface area contributed by atoms with Crippen LogP contribution in [0.4, 0.5) is 0 Å². The smallest absolute Gasteiger partial charge is 0.0348 e. The lowest BCUT2D eigenvalue weighted by molar-refractivity contribution is 0.814. The molecule has 0 aromatic carbocycles. The summed E-state index contributed by atoms with van der Waals surface area (Å²) in [5.74, 6) is 0. The number of hydrogen-bond acceptors (Lipinski definition) is 0. The maximum absolute atomic E-state index is 2.24. The second-order valence-electron chi connectivity index (χ2n) is 3.53. The molecule has 0 amide bonds. The molecule has 0 fully saturated rings. The second-order valence-corrected chi connectivity index (χ2v) is 3.53. The van der Waals surface area contributed by atoms with Crippen LogP contribution in [0.15, 0.2) is 36.5 Å². The van der Waals surface area contributed by atoms with Gasteiger partial charge in [0.1, 0.15) is 0 Å². The van der Waals surface area contributed by atoms with Gasteiger partial charge in [-0.2, -0.15) is 0 Å². The zero-order valence-corrected chi connectivity index (χ0v) is 9.71. The van der Waals surface area contributed by atoms with Gasteiger partial charge in [0.15, 0.2) is 0 Å². The Morgan fingerprint density at radius 3 is 1.43 bits per heavy atom. The van der Waals surface area contributed by atoms with E-state index in [-0.39, 0.29) is 0 Å². The van der Waals surface area contributed by atoms with Gasteiger partial charge in [-0.1, -0.05) is 76.0 Å². The molecule has 0 radical (unpaired) electrons. The predicted molar refractivity (Wildman–Crippen MR) is 66.5 cm³/mol. The number of rotatable bonds is 8. The molecular formula is C14H24. The van der Waals surface area contributed by atoms with E-state index in [0.717, 1.165) is 0 Å². The quantitative estimate of drug-likeness (QED) is 0.373. The minimum atomic E-state index is 1.21. The third-order valence-electron chi connectivity index (χ3n) is 2.05. The van der Waals surface area contributed by atoms with Gasteiger partial charge in [-0.25, -0.2) is 0 Å². The second kappa shape index (κ2) is 12.2. The van der Waals surface area contributed by atoms with Gasteiger partial charge in [-0.3, -0.25) is 0 Å². The van der Waals surface area contributed by atoms with Crippen molar-refractivity contribution in [2.24, 2.45) is 0 Å². The highest BCUT2D eigenvalue weighted by molar-refractivity contribution is 5.10. The normalized spacial score (nSPS) is 12.4. The molecule has 0 heteroatoms. The van der Waals surface area contributed by atoms with Gasteiger partial charge in [0.05, 0.1) is 0 Å². The van der Waals surface area contributed by atoms with Crippen molar-refractivity contribution in [3.05, 3.63) is 36.5 Å². The first-order valence-electron chi connectivity index (χ1n) is 5.90. The lowest BCUT2D eigenvalue weighted by Gasteiger charge is -1.86. The van der Waals surface area contributed by atoms with Crippen LogP contribution in [0.1, 0.15) is 52.4 Å². The van der Waals surface area contributed by atoms with Gasteiger partial charge in [0, 0.05) is 0 Å². The maximum Gasteiger partial charge on any atom is -0.0348 e. The van der Waals surface area contributed by atoms with Crippen LogP contribution >= 0.6 is 0 Å². The molecule has 0 unspecified atom stereocenters. The molecule has 0 saturated heterocycles. The molecule has 0 bridgehead atoms. The lowest BCUT2D eigenvalue weighted by atomic mass is 10.2. The van der Waals surface area contributed by atoms with Crippen LogP contribution in [-0.4, -0.2) is 0 Å². The van der Waals surface area contributed by atoms with Gasteiger partial charge >= 0.3 is 0 Å². The van der Waals surface area contributed by atoms with Crippen molar-refractivity contribution in [1.82, 2.24) is 0 Å². The number of unbranched alkanes of at least 4 members (excludes halogenated alkanes) is 4. The monoisotopic (exact) mass is 192 g/mol. The molecule has 0 nitrogen and oxygen atoms in total. The zero-order chi connectivity index (χ0) is 10.5. The van der Waals surface area contributed by atoms with E-state index in [9.17, 15) is 0 Å². The van der Waals surface area contributed by atoms with Crippen molar-refractivity contribution in [2.45, 2.75) is 52.4 Å². The number of allylic oxidation sites excluding steroid dienone is 6. The van der Waals surface area contributed by atoms with Gasteiger partial charge in [-0.05, 0) is 12.8 Å². The summed E-state index contributed by atoms with van der Waals surface area (Å²) in [4.78, 5) is 0. The largest absolute Gasteiger partial charge is 0.0845 e. The Bertz CT molecular complexity index is 152. The van der Waals surface area contributed by atoms with E-state index in [0.29, 0.717) is 0 Å². The first-order chi connectivity index (χ1) is 6.91. The Kier molecular flexibility index (Phi) is 11.5. The summed E-state index contributed by atoms with van der Waals surface area (Å²) in [6.07, 6.45) is 20.6. The minimum absolute atomic E-state index is 1.21. The Balaban J connectivity index is 3.33. The van der Waals surface area contributed by atoms with Crippen molar-refractivity contribution >= 4 is 0 Å². The molecule has 0 rings (SSSR count). The molecule has 80 valence electrons. The van der Waals surface area contributed by atoms with E-state index in [2.05, 4.69) is 50.3 Å². The van der Waals surface area contributed by atoms with E-state index < -0.39 is 0 Å². The van der Waals surface area contributed by atoms with E-state index >= 15 is 0 Å². The molecule has 0 aromatic heterocycles. The summed E-state index contributed by atoms with van der Waals surface area (Å²) in [5.41, 5.74) is 0. The van der Waals surface area contributed by atoms with Gasteiger partial charge in [0.25, 0.3) is 0 Å². The highest BCUT2D eigenvalue weighted by atomic mass is 13.8. The molecular weight excluding hydrogens is 168 g/mol. The summed E-state index contributed by atoms with van der Waals surface area (Å²) in [6, 6.07) is 0. The van der Waals surface area contributed by atoms with Crippen LogP contribution in [0, 0.1) is 0 Å². The van der Waals surface area contributed by atoms with Crippen LogP contribution in [0.3, 0.4) is 0 Å². The molecule has 0 saturated carbocycles. The van der Waals surface area contributed by atoms with E-state index in [4.69, 9.17) is 0 Å². The predicted octanol–water partition coefficient (Wildman–Crippen LogP) is 5.04. The molecule has 0 atom stereocenters. The van der Waals surface area contributed by atoms with E-state index in [1.165, 1.54) is 38.5 Å². The molecule has 0 aliphatic heterocycles. The topological polar surface area (TPSA) is 0 Å². The Labute approximate surface area is 89.4 Å². The molecule has 0 aliphatic rings. The highest BCUT2D eigenvalue weighted by Crippen LogP contribution is 1.96. The maximum atomic E-state index is 2.24. The third-order valence-corrected chi connectivity index (χ3v) is 2.05. The summed E-state index contributed by atoms with van der Waals surface area (Å²) in [5, 5.41) is 0. The fourth-order valence-electron chi connectivity index (χ4n) is 1.12. The summed E-state index contributed by atoms with van der Waals surface area (Å²) >= 11 is 0. The van der Waals surface area contributed by atoms with Crippen LogP contribution < -0.4 is 0 Å². The Morgan fingerprint density at radius 2 is 1.07 bits per heavy atom. The van der Waals surface area contributed by atoms with Crippen molar-refractivity contribution in [1.29, 1.82) is 0 Å². The summed E-state index contributed by atoms with van der Waals surface area (Å²) in [6.45, 7) is 4.44. The fraction of sp³-hybridized carbons (Fsp3) is 0.571. The first kappa shape index (κ1) is 13.2. The van der Waals surface area contributed by atoms with Gasteiger partial charge in [0.2, 0.25) is 0 Å². The average molecular weight is 192 g/mol. The summed E-state index contributed by atoms with van der Waals surface area (Å²) in [7, 11) is 0. The molecule has 0 N–H and O–H groups in total. The lowest BCUT2D eigenvalue weighted by Crippen LogP contribution is -1.65. The summed E-state index contributed by atoms with van der Waals surface area (Å²) < 4.78 is 0. The van der Waals surface area contributed by atoms with Crippen LogP contribution in [0.25, 0.3) is 0 Å². The SMILES string of the molecule is CCCC/C=C/C=C/C=C/CCCC. The van der Waals surface area contributed by atoms with Crippen molar-refractivity contribution in [3.8, 4) is 0 Å². The van der Waals surface area contributed by atoms with E-state index in [1.807, 2.05) is 0 Å². The standard InChI is InChI=1S/C14H24/c1-3-5-7-9-11-13-14-12-10-8-6-4-2/h9-14H,3-8H2,1-2H3/b11-9+,12-10+,14-13+. The Hall–Kier alpha value is -0.780. The fourth-order valence-corrected chi connectivity index (χ4v) is 1.12. The van der Waals surface area contributed by atoms with E-state index in [1.54, 1.807) is 0 Å². The van der Waals surface area contributed by atoms with Gasteiger partial charge in [-0.15, -0.1) is 0 Å². The third kappa shape index (κ3) is 11.2. The molecule has 0 aliphatic carbocycles. The Morgan fingerprint density at radius 1 is 0.643 bits per heavy atom. The van der Waals surface area contributed by atoms with Crippen LogP contribution in [-0.2, 0) is 0 Å². The van der Waals surface area contributed by atoms with Gasteiger partial charge < -0.3 is 0 Å². The average Bonchev–Trinajstić information content (AvgIpc) is 2.21. The molecule has 0 aromatic rings.